The lowest BCUT2D eigenvalue weighted by molar-refractivity contribution is -0.127. The summed E-state index contributed by atoms with van der Waals surface area (Å²) in [5.41, 5.74) is 1.81. The molecule has 0 aromatic heterocycles. The van der Waals surface area contributed by atoms with Gasteiger partial charge < -0.3 is 14.5 Å². The number of carbonyl (C=O) groups excluding carboxylic acids is 2. The molecule has 2 amide bonds. The van der Waals surface area contributed by atoms with Gasteiger partial charge in [-0.25, -0.2) is 10.2 Å². The number of amides is 2. The molecule has 0 unspecified atom stereocenters. The highest BCUT2D eigenvalue weighted by Gasteiger charge is 2.35. The number of carbonyl (C=O) groups is 2. The Labute approximate surface area is 142 Å². The monoisotopic (exact) mass is 342 g/mol. The van der Waals surface area contributed by atoms with E-state index in [1.165, 1.54) is 19.3 Å². The summed E-state index contributed by atoms with van der Waals surface area (Å²) in [6, 6.07) is 0. The molecule has 0 aliphatic carbocycles. The zero-order valence-corrected chi connectivity index (χ0v) is 14.9. The van der Waals surface area contributed by atoms with Crippen molar-refractivity contribution in [2.45, 2.75) is 45.6 Å². The van der Waals surface area contributed by atoms with E-state index < -0.39 is 11.7 Å². The summed E-state index contributed by atoms with van der Waals surface area (Å²) in [6.45, 7) is 9.28. The van der Waals surface area contributed by atoms with Gasteiger partial charge in [-0.1, -0.05) is 6.42 Å². The molecule has 1 N–H and O–H groups in total. The van der Waals surface area contributed by atoms with Crippen LogP contribution in [0.1, 0.15) is 40.0 Å². The predicted molar refractivity (Wildman–Crippen MR) is 90.7 cm³/mol. The molecule has 23 heavy (non-hydrogen) atoms. The third kappa shape index (κ3) is 5.31. The highest BCUT2D eigenvalue weighted by molar-refractivity contribution is 7.80. The van der Waals surface area contributed by atoms with E-state index in [4.69, 9.17) is 17.0 Å². The third-order valence-corrected chi connectivity index (χ3v) is 4.21. The number of hydrogen-bond donors (Lipinski definition) is 1. The summed E-state index contributed by atoms with van der Waals surface area (Å²) >= 11 is 5.31. The molecule has 130 valence electrons. The van der Waals surface area contributed by atoms with Crippen LogP contribution < -0.4 is 5.43 Å². The SMILES string of the molecule is CC(C)(C)OC(=O)NN1C(=O)CN(CCN2CCCCC2)C1=S. The van der Waals surface area contributed by atoms with Gasteiger partial charge in [0.1, 0.15) is 12.1 Å². The third-order valence-electron chi connectivity index (χ3n) is 3.77. The second-order valence-electron chi connectivity index (χ2n) is 6.95. The number of piperidine rings is 1. The van der Waals surface area contributed by atoms with E-state index in [1.54, 1.807) is 20.8 Å². The number of hydrazine groups is 1. The van der Waals surface area contributed by atoms with Crippen molar-refractivity contribution in [1.82, 2.24) is 20.2 Å². The Morgan fingerprint density at radius 3 is 2.48 bits per heavy atom. The van der Waals surface area contributed by atoms with E-state index in [0.717, 1.165) is 24.6 Å². The molecule has 0 spiro atoms. The van der Waals surface area contributed by atoms with Crippen LogP contribution in [-0.2, 0) is 9.53 Å². The summed E-state index contributed by atoms with van der Waals surface area (Å²) in [5, 5.41) is 1.44. The molecular weight excluding hydrogens is 316 g/mol. The lowest BCUT2D eigenvalue weighted by Gasteiger charge is -2.29. The average molecular weight is 342 g/mol. The normalized spacial score (nSPS) is 20.1. The molecule has 2 aliphatic heterocycles. The van der Waals surface area contributed by atoms with E-state index in [1.807, 2.05) is 4.90 Å². The molecule has 0 saturated carbocycles. The zero-order chi connectivity index (χ0) is 17.0. The first-order valence-electron chi connectivity index (χ1n) is 8.10. The molecule has 0 aromatic carbocycles. The van der Waals surface area contributed by atoms with Gasteiger partial charge >= 0.3 is 6.09 Å². The summed E-state index contributed by atoms with van der Waals surface area (Å²) in [6.07, 6.45) is 3.09. The fourth-order valence-corrected chi connectivity index (χ4v) is 2.98. The molecular formula is C15H26N4O3S. The number of rotatable bonds is 4. The van der Waals surface area contributed by atoms with E-state index in [0.29, 0.717) is 11.7 Å². The smallest absolute Gasteiger partial charge is 0.427 e. The second-order valence-corrected chi connectivity index (χ2v) is 7.31. The Balaban J connectivity index is 1.83. The molecule has 2 heterocycles. The number of nitrogens with one attached hydrogen (secondary N) is 1. The summed E-state index contributed by atoms with van der Waals surface area (Å²) in [4.78, 5) is 28.1. The molecule has 0 atom stereocenters. The van der Waals surface area contributed by atoms with Gasteiger partial charge in [0.25, 0.3) is 5.91 Å². The lowest BCUT2D eigenvalue weighted by Crippen LogP contribution is -2.49. The van der Waals surface area contributed by atoms with Crippen LogP contribution in [0.25, 0.3) is 0 Å². The Hall–Kier alpha value is -1.41. The molecule has 2 fully saturated rings. The van der Waals surface area contributed by atoms with Gasteiger partial charge in [0.2, 0.25) is 0 Å². The number of likely N-dealkylation sites (tertiary alicyclic amines) is 1. The second kappa shape index (κ2) is 7.44. The van der Waals surface area contributed by atoms with Crippen molar-refractivity contribution in [2.24, 2.45) is 0 Å². The van der Waals surface area contributed by atoms with Crippen molar-refractivity contribution in [3.05, 3.63) is 0 Å². The molecule has 8 heteroatoms. The van der Waals surface area contributed by atoms with Crippen molar-refractivity contribution in [2.75, 3.05) is 32.7 Å². The molecule has 2 rings (SSSR count). The standard InChI is InChI=1S/C15H26N4O3S/c1-15(2,3)22-13(21)16-19-12(20)11-18(14(19)23)10-9-17-7-5-4-6-8-17/h4-11H2,1-3H3,(H,16,21). The highest BCUT2D eigenvalue weighted by Crippen LogP contribution is 2.12. The highest BCUT2D eigenvalue weighted by atomic mass is 32.1. The zero-order valence-electron chi connectivity index (χ0n) is 14.1. The van der Waals surface area contributed by atoms with Crippen LogP contribution in [0.3, 0.4) is 0 Å². The topological polar surface area (TPSA) is 65.1 Å². The molecule has 2 saturated heterocycles. The van der Waals surface area contributed by atoms with Gasteiger partial charge in [-0.3, -0.25) is 4.79 Å². The van der Waals surface area contributed by atoms with Crippen LogP contribution in [0.2, 0.25) is 0 Å². The molecule has 0 bridgehead atoms. The summed E-state index contributed by atoms with van der Waals surface area (Å²) in [7, 11) is 0. The fourth-order valence-electron chi connectivity index (χ4n) is 2.67. The van der Waals surface area contributed by atoms with Crippen molar-refractivity contribution < 1.29 is 14.3 Å². The van der Waals surface area contributed by atoms with E-state index in [-0.39, 0.29) is 12.5 Å². The minimum Gasteiger partial charge on any atom is -0.443 e. The van der Waals surface area contributed by atoms with Gasteiger partial charge in [-0.2, -0.15) is 5.01 Å². The first kappa shape index (κ1) is 17.9. The first-order valence-corrected chi connectivity index (χ1v) is 8.51. The van der Waals surface area contributed by atoms with Gasteiger partial charge in [-0.15, -0.1) is 0 Å². The molecule has 7 nitrogen and oxygen atoms in total. The van der Waals surface area contributed by atoms with E-state index >= 15 is 0 Å². The van der Waals surface area contributed by atoms with Crippen molar-refractivity contribution in [1.29, 1.82) is 0 Å². The van der Waals surface area contributed by atoms with Gasteiger partial charge in [0.15, 0.2) is 5.11 Å². The van der Waals surface area contributed by atoms with E-state index in [9.17, 15) is 9.59 Å². The number of nitrogens with zero attached hydrogens (tertiary/aromatic N) is 3. The maximum atomic E-state index is 12.1. The van der Waals surface area contributed by atoms with Crippen LogP contribution in [0.15, 0.2) is 0 Å². The minimum atomic E-state index is -0.675. The Morgan fingerprint density at radius 1 is 1.22 bits per heavy atom. The number of hydrogen-bond acceptors (Lipinski definition) is 5. The molecule has 0 aromatic rings. The Kier molecular flexibility index (Phi) is 5.80. The lowest BCUT2D eigenvalue weighted by atomic mass is 10.1. The summed E-state index contributed by atoms with van der Waals surface area (Å²) < 4.78 is 5.16. The number of thiocarbonyl (C=S) groups is 1. The maximum absolute atomic E-state index is 12.1. The maximum Gasteiger partial charge on any atom is 0.427 e. The number of ether oxygens (including phenoxy) is 1. The predicted octanol–water partition coefficient (Wildman–Crippen LogP) is 1.34. The van der Waals surface area contributed by atoms with Crippen molar-refractivity contribution >= 4 is 29.3 Å². The van der Waals surface area contributed by atoms with Crippen molar-refractivity contribution in [3.8, 4) is 0 Å². The summed E-state index contributed by atoms with van der Waals surface area (Å²) in [5.74, 6) is -0.237. The minimum absolute atomic E-state index is 0.197. The van der Waals surface area contributed by atoms with Gasteiger partial charge in [-0.05, 0) is 58.9 Å². The quantitative estimate of drug-likeness (QED) is 0.778. The van der Waals surface area contributed by atoms with Gasteiger partial charge in [0.05, 0.1) is 0 Å². The van der Waals surface area contributed by atoms with E-state index in [2.05, 4.69) is 10.3 Å². The van der Waals surface area contributed by atoms with Gasteiger partial charge in [0, 0.05) is 13.1 Å². The molecule has 2 aliphatic rings. The average Bonchev–Trinajstić information content (AvgIpc) is 2.72. The van der Waals surface area contributed by atoms with Crippen LogP contribution in [0.4, 0.5) is 4.79 Å². The van der Waals surface area contributed by atoms with Crippen molar-refractivity contribution in [3.63, 3.8) is 0 Å². The van der Waals surface area contributed by atoms with Crippen LogP contribution >= 0.6 is 12.2 Å². The van der Waals surface area contributed by atoms with Crippen LogP contribution in [-0.4, -0.2) is 70.2 Å². The van der Waals surface area contributed by atoms with Crippen LogP contribution in [0.5, 0.6) is 0 Å². The fraction of sp³-hybridized carbons (Fsp3) is 0.800. The molecule has 0 radical (unpaired) electrons. The Morgan fingerprint density at radius 2 is 1.87 bits per heavy atom. The Bertz CT molecular complexity index is 472. The van der Waals surface area contributed by atoms with Crippen LogP contribution in [0, 0.1) is 0 Å². The largest absolute Gasteiger partial charge is 0.443 e. The first-order chi connectivity index (χ1) is 10.8.